The van der Waals surface area contributed by atoms with Crippen LogP contribution in [-0.2, 0) is 6.54 Å². The molecule has 2 amide bonds. The quantitative estimate of drug-likeness (QED) is 0.514. The van der Waals surface area contributed by atoms with Gasteiger partial charge in [-0.05, 0) is 53.6 Å². The lowest BCUT2D eigenvalue weighted by Gasteiger charge is -2.18. The third-order valence-electron chi connectivity index (χ3n) is 4.13. The second-order valence-corrected chi connectivity index (χ2v) is 8.37. The number of benzene rings is 2. The van der Waals surface area contributed by atoms with Crippen LogP contribution in [0.3, 0.4) is 0 Å². The Hall–Kier alpha value is -2.28. The average molecular weight is 431 g/mol. The van der Waals surface area contributed by atoms with Gasteiger partial charge in [0, 0.05) is 24.1 Å². The van der Waals surface area contributed by atoms with Crippen LogP contribution in [-0.4, -0.2) is 30.0 Å². The molecule has 28 heavy (non-hydrogen) atoms. The summed E-state index contributed by atoms with van der Waals surface area (Å²) in [5.41, 5.74) is 1.94. The van der Waals surface area contributed by atoms with Crippen LogP contribution < -0.4 is 5.32 Å². The van der Waals surface area contributed by atoms with Gasteiger partial charge in [0.05, 0.1) is 15.6 Å². The van der Waals surface area contributed by atoms with Gasteiger partial charge in [0.15, 0.2) is 0 Å². The molecule has 0 saturated carbocycles. The van der Waals surface area contributed by atoms with Crippen molar-refractivity contribution in [1.29, 1.82) is 0 Å². The van der Waals surface area contributed by atoms with E-state index in [9.17, 15) is 9.59 Å². The predicted molar refractivity (Wildman–Crippen MR) is 118 cm³/mol. The number of rotatable bonds is 6. The van der Waals surface area contributed by atoms with Crippen molar-refractivity contribution in [2.45, 2.75) is 11.4 Å². The van der Waals surface area contributed by atoms with E-state index in [0.29, 0.717) is 27.7 Å². The zero-order valence-corrected chi connectivity index (χ0v) is 17.8. The van der Waals surface area contributed by atoms with Crippen molar-refractivity contribution in [3.05, 3.63) is 81.0 Å². The van der Waals surface area contributed by atoms with Gasteiger partial charge in [-0.3, -0.25) is 9.59 Å². The molecule has 4 nitrogen and oxygen atoms in total. The van der Waals surface area contributed by atoms with Crippen LogP contribution in [0.1, 0.15) is 25.6 Å². The van der Waals surface area contributed by atoms with Crippen LogP contribution in [0.4, 0.5) is 5.69 Å². The van der Waals surface area contributed by atoms with Crippen molar-refractivity contribution in [2.24, 2.45) is 0 Å². The molecule has 0 radical (unpaired) electrons. The highest BCUT2D eigenvalue weighted by atomic mass is 35.5. The Morgan fingerprint density at radius 3 is 2.54 bits per heavy atom. The third-order valence-corrected chi connectivity index (χ3v) is 6.07. The Balaban J connectivity index is 1.72. The number of anilines is 1. The van der Waals surface area contributed by atoms with Crippen LogP contribution in [0.25, 0.3) is 0 Å². The summed E-state index contributed by atoms with van der Waals surface area (Å²) in [6, 6.07) is 16.6. The van der Waals surface area contributed by atoms with Crippen molar-refractivity contribution in [1.82, 2.24) is 4.90 Å². The Bertz CT molecular complexity index is 973. The molecule has 1 aromatic heterocycles. The van der Waals surface area contributed by atoms with Crippen LogP contribution in [0.15, 0.2) is 64.9 Å². The molecule has 0 aliphatic rings. The normalized spacial score (nSPS) is 10.5. The van der Waals surface area contributed by atoms with E-state index in [1.54, 1.807) is 48.0 Å². The van der Waals surface area contributed by atoms with Gasteiger partial charge in [-0.2, -0.15) is 0 Å². The van der Waals surface area contributed by atoms with Gasteiger partial charge in [-0.15, -0.1) is 23.1 Å². The first-order valence-corrected chi connectivity index (χ1v) is 11.0. The highest BCUT2D eigenvalue weighted by Crippen LogP contribution is 2.25. The molecule has 0 aliphatic heterocycles. The fourth-order valence-electron chi connectivity index (χ4n) is 2.64. The van der Waals surface area contributed by atoms with Gasteiger partial charge in [0.25, 0.3) is 11.8 Å². The number of hydrogen-bond acceptors (Lipinski definition) is 4. The number of thioether (sulfide) groups is 1. The monoisotopic (exact) mass is 430 g/mol. The van der Waals surface area contributed by atoms with Gasteiger partial charge in [-0.25, -0.2) is 0 Å². The smallest absolute Gasteiger partial charge is 0.265 e. The molecule has 1 N–H and O–H groups in total. The fraction of sp³-hybridized carbons (Fsp3) is 0.143. The molecule has 2 aromatic carbocycles. The topological polar surface area (TPSA) is 49.4 Å². The number of nitrogens with zero attached hydrogens (tertiary/aromatic N) is 1. The summed E-state index contributed by atoms with van der Waals surface area (Å²) in [7, 11) is 1.75. The number of amides is 2. The minimum atomic E-state index is -0.247. The first-order valence-electron chi connectivity index (χ1n) is 8.50. The van der Waals surface area contributed by atoms with E-state index in [4.69, 9.17) is 11.6 Å². The second kappa shape index (κ2) is 9.28. The SMILES string of the molecule is CSc1ccc(CN(C)C(=O)c2ccc(Cl)c(NC(=O)c3cccs3)c2)cc1. The zero-order valence-electron chi connectivity index (χ0n) is 15.4. The zero-order chi connectivity index (χ0) is 20.1. The minimum Gasteiger partial charge on any atom is -0.337 e. The van der Waals surface area contributed by atoms with Crippen molar-refractivity contribution in [2.75, 3.05) is 18.6 Å². The number of halogens is 1. The maximum absolute atomic E-state index is 12.8. The standard InChI is InChI=1S/C21H19ClN2O2S2/c1-24(13-14-5-8-16(27-2)9-6-14)21(26)15-7-10-17(22)18(12-15)23-20(25)19-4-3-11-28-19/h3-12H,13H2,1-2H3,(H,23,25). The Labute approximate surface area is 177 Å². The largest absolute Gasteiger partial charge is 0.337 e. The van der Waals surface area contributed by atoms with E-state index in [1.807, 2.05) is 42.0 Å². The fourth-order valence-corrected chi connectivity index (χ4v) is 3.83. The molecule has 7 heteroatoms. The van der Waals surface area contributed by atoms with E-state index < -0.39 is 0 Å². The summed E-state index contributed by atoms with van der Waals surface area (Å²) in [6.07, 6.45) is 2.03. The van der Waals surface area contributed by atoms with E-state index in [1.165, 1.54) is 16.2 Å². The molecule has 0 atom stereocenters. The van der Waals surface area contributed by atoms with Gasteiger partial charge in [0.1, 0.15) is 0 Å². The van der Waals surface area contributed by atoms with Gasteiger partial charge in [0.2, 0.25) is 0 Å². The Kier molecular flexibility index (Phi) is 6.78. The van der Waals surface area contributed by atoms with E-state index in [-0.39, 0.29) is 11.8 Å². The highest BCUT2D eigenvalue weighted by Gasteiger charge is 2.16. The van der Waals surface area contributed by atoms with Crippen LogP contribution in [0.5, 0.6) is 0 Å². The molecule has 0 bridgehead atoms. The molecule has 0 saturated heterocycles. The van der Waals surface area contributed by atoms with Crippen molar-refractivity contribution >= 4 is 52.2 Å². The van der Waals surface area contributed by atoms with Crippen molar-refractivity contribution in [3.63, 3.8) is 0 Å². The molecular formula is C21H19ClN2O2S2. The first kappa shape index (κ1) is 20.5. The average Bonchev–Trinajstić information content (AvgIpc) is 3.24. The van der Waals surface area contributed by atoms with Crippen LogP contribution in [0, 0.1) is 0 Å². The number of nitrogens with one attached hydrogen (secondary N) is 1. The summed E-state index contributed by atoms with van der Waals surface area (Å²) in [5, 5.41) is 4.99. The lowest BCUT2D eigenvalue weighted by atomic mass is 10.1. The number of carbonyl (C=O) groups is 2. The Morgan fingerprint density at radius 2 is 1.89 bits per heavy atom. The highest BCUT2D eigenvalue weighted by molar-refractivity contribution is 7.98. The molecule has 0 unspecified atom stereocenters. The van der Waals surface area contributed by atoms with Crippen LogP contribution in [0.2, 0.25) is 5.02 Å². The molecule has 1 heterocycles. The minimum absolute atomic E-state index is 0.141. The molecule has 3 aromatic rings. The maximum Gasteiger partial charge on any atom is 0.265 e. The van der Waals surface area contributed by atoms with Gasteiger partial charge >= 0.3 is 0 Å². The lowest BCUT2D eigenvalue weighted by Crippen LogP contribution is -2.26. The number of hydrogen-bond donors (Lipinski definition) is 1. The van der Waals surface area contributed by atoms with Gasteiger partial charge in [-0.1, -0.05) is 29.8 Å². The third kappa shape index (κ3) is 4.95. The van der Waals surface area contributed by atoms with Crippen LogP contribution >= 0.6 is 34.7 Å². The molecule has 0 fully saturated rings. The summed E-state index contributed by atoms with van der Waals surface area (Å²) in [6.45, 7) is 0.493. The maximum atomic E-state index is 12.8. The van der Waals surface area contributed by atoms with Crippen molar-refractivity contribution in [3.8, 4) is 0 Å². The molecular weight excluding hydrogens is 412 g/mol. The first-order chi connectivity index (χ1) is 13.5. The molecule has 3 rings (SSSR count). The van der Waals surface area contributed by atoms with Gasteiger partial charge < -0.3 is 10.2 Å². The van der Waals surface area contributed by atoms with E-state index in [2.05, 4.69) is 5.32 Å². The van der Waals surface area contributed by atoms with E-state index in [0.717, 1.165) is 5.56 Å². The lowest BCUT2D eigenvalue weighted by molar-refractivity contribution is 0.0784. The summed E-state index contributed by atoms with van der Waals surface area (Å²) in [5.74, 6) is -0.388. The number of carbonyl (C=O) groups excluding carboxylic acids is 2. The molecule has 144 valence electrons. The Morgan fingerprint density at radius 1 is 1.14 bits per heavy atom. The summed E-state index contributed by atoms with van der Waals surface area (Å²) in [4.78, 5) is 28.5. The molecule has 0 spiro atoms. The van der Waals surface area contributed by atoms with Crippen molar-refractivity contribution < 1.29 is 9.59 Å². The number of thiophene rings is 1. The summed E-state index contributed by atoms with van der Waals surface area (Å²) < 4.78 is 0. The predicted octanol–water partition coefficient (Wildman–Crippen LogP) is 5.65. The molecule has 0 aliphatic carbocycles. The van der Waals surface area contributed by atoms with E-state index >= 15 is 0 Å². The summed E-state index contributed by atoms with van der Waals surface area (Å²) >= 11 is 9.23. The second-order valence-electron chi connectivity index (χ2n) is 6.14.